The third kappa shape index (κ3) is 3.90. The number of nitrogens with zero attached hydrogens (tertiary/aromatic N) is 1. The molecule has 0 aromatic rings. The van der Waals surface area contributed by atoms with Crippen molar-refractivity contribution in [3.63, 3.8) is 0 Å². The minimum atomic E-state index is 0.0553. The van der Waals surface area contributed by atoms with Crippen LogP contribution in [-0.2, 0) is 9.59 Å². The summed E-state index contributed by atoms with van der Waals surface area (Å²) in [5.41, 5.74) is 1.32. The van der Waals surface area contributed by atoms with Gasteiger partial charge in [-0.15, -0.1) is 0 Å². The molecule has 0 spiro atoms. The molecule has 0 bridgehead atoms. The smallest absolute Gasteiger partial charge is 0.224 e. The molecule has 1 heterocycles. The van der Waals surface area contributed by atoms with Crippen LogP contribution in [0.15, 0.2) is 11.6 Å². The lowest BCUT2D eigenvalue weighted by Crippen LogP contribution is -2.39. The Morgan fingerprint density at radius 3 is 2.73 bits per heavy atom. The number of rotatable bonds is 5. The monoisotopic (exact) mass is 306 g/mol. The van der Waals surface area contributed by atoms with E-state index in [2.05, 4.69) is 39.1 Å². The lowest BCUT2D eigenvalue weighted by Gasteiger charge is -2.20. The zero-order chi connectivity index (χ0) is 16.3. The molecule has 1 aliphatic carbocycles. The number of carbonyl (C=O) groups is 2. The fourth-order valence-electron chi connectivity index (χ4n) is 3.55. The van der Waals surface area contributed by atoms with Crippen molar-refractivity contribution >= 4 is 11.8 Å². The summed E-state index contributed by atoms with van der Waals surface area (Å²) in [6, 6.07) is 0. The van der Waals surface area contributed by atoms with Crippen molar-refractivity contribution in [2.24, 2.45) is 17.3 Å². The van der Waals surface area contributed by atoms with Gasteiger partial charge in [0.2, 0.25) is 11.8 Å². The van der Waals surface area contributed by atoms with Gasteiger partial charge >= 0.3 is 0 Å². The van der Waals surface area contributed by atoms with Crippen LogP contribution in [0, 0.1) is 17.3 Å². The SMILES string of the molecule is CC(C)=C[C@H]1[C@@H](C(=O)NCCN2CCCCCC2=O)C1(C)C. The topological polar surface area (TPSA) is 49.4 Å². The summed E-state index contributed by atoms with van der Waals surface area (Å²) in [5.74, 6) is 0.787. The van der Waals surface area contributed by atoms with Crippen LogP contribution in [0.5, 0.6) is 0 Å². The van der Waals surface area contributed by atoms with E-state index in [1.165, 1.54) is 5.57 Å². The Kier molecular flexibility index (Phi) is 5.30. The molecule has 2 fully saturated rings. The molecular weight excluding hydrogens is 276 g/mol. The van der Waals surface area contributed by atoms with Crippen LogP contribution >= 0.6 is 0 Å². The molecule has 2 amide bonds. The van der Waals surface area contributed by atoms with Crippen LogP contribution in [0.2, 0.25) is 0 Å². The predicted molar refractivity (Wildman–Crippen MR) is 88.2 cm³/mol. The molecule has 2 atom stereocenters. The molecule has 0 aromatic heterocycles. The second-order valence-corrected chi connectivity index (χ2v) is 7.55. The highest BCUT2D eigenvalue weighted by atomic mass is 16.2. The predicted octanol–water partition coefficient (Wildman–Crippen LogP) is 2.74. The van der Waals surface area contributed by atoms with Crippen molar-refractivity contribution in [1.29, 1.82) is 0 Å². The van der Waals surface area contributed by atoms with Gasteiger partial charge in [0, 0.05) is 26.1 Å². The van der Waals surface area contributed by atoms with Crippen LogP contribution in [0.3, 0.4) is 0 Å². The highest BCUT2D eigenvalue weighted by Gasteiger charge is 2.60. The van der Waals surface area contributed by atoms with Gasteiger partial charge in [0.1, 0.15) is 0 Å². The number of carbonyl (C=O) groups excluding carboxylic acids is 2. The first-order valence-electron chi connectivity index (χ1n) is 8.54. The second-order valence-electron chi connectivity index (χ2n) is 7.55. The van der Waals surface area contributed by atoms with E-state index in [1.54, 1.807) is 0 Å². The van der Waals surface area contributed by atoms with Gasteiger partial charge in [0.05, 0.1) is 5.92 Å². The maximum Gasteiger partial charge on any atom is 0.224 e. The van der Waals surface area contributed by atoms with E-state index in [4.69, 9.17) is 0 Å². The molecule has 4 heteroatoms. The maximum atomic E-state index is 12.4. The first kappa shape index (κ1) is 17.0. The van der Waals surface area contributed by atoms with Gasteiger partial charge in [-0.3, -0.25) is 9.59 Å². The van der Waals surface area contributed by atoms with E-state index in [-0.39, 0.29) is 23.1 Å². The minimum absolute atomic E-state index is 0.0553. The molecule has 2 aliphatic rings. The third-order valence-electron chi connectivity index (χ3n) is 5.06. The quantitative estimate of drug-likeness (QED) is 0.794. The molecule has 1 N–H and O–H groups in total. The average Bonchev–Trinajstić information content (AvgIpc) is 3.02. The van der Waals surface area contributed by atoms with Crippen LogP contribution in [-0.4, -0.2) is 36.3 Å². The van der Waals surface area contributed by atoms with E-state index < -0.39 is 0 Å². The molecular formula is C18H30N2O2. The van der Waals surface area contributed by atoms with Gasteiger partial charge in [-0.05, 0) is 38.0 Å². The summed E-state index contributed by atoms with van der Waals surface area (Å²) >= 11 is 0. The molecule has 2 rings (SSSR count). The van der Waals surface area contributed by atoms with Gasteiger partial charge in [-0.25, -0.2) is 0 Å². The molecule has 22 heavy (non-hydrogen) atoms. The van der Waals surface area contributed by atoms with Crippen molar-refractivity contribution in [3.05, 3.63) is 11.6 Å². The average molecular weight is 306 g/mol. The van der Waals surface area contributed by atoms with E-state index in [0.717, 1.165) is 25.8 Å². The molecule has 1 aliphatic heterocycles. The van der Waals surface area contributed by atoms with Gasteiger partial charge in [-0.2, -0.15) is 0 Å². The van der Waals surface area contributed by atoms with Crippen LogP contribution < -0.4 is 5.32 Å². The Bertz CT molecular complexity index is 464. The lowest BCUT2D eigenvalue weighted by atomic mass is 10.1. The number of likely N-dealkylation sites (tertiary alicyclic amines) is 1. The molecule has 4 nitrogen and oxygen atoms in total. The van der Waals surface area contributed by atoms with Crippen molar-refractivity contribution in [2.45, 2.75) is 53.4 Å². The number of amides is 2. The Morgan fingerprint density at radius 1 is 1.32 bits per heavy atom. The zero-order valence-corrected chi connectivity index (χ0v) is 14.4. The molecule has 1 saturated heterocycles. The molecule has 0 unspecified atom stereocenters. The summed E-state index contributed by atoms with van der Waals surface area (Å²) in [5, 5.41) is 3.03. The number of hydrogen-bond acceptors (Lipinski definition) is 2. The first-order valence-corrected chi connectivity index (χ1v) is 8.54. The first-order chi connectivity index (χ1) is 10.3. The van der Waals surface area contributed by atoms with Gasteiger partial charge < -0.3 is 10.2 Å². The Balaban J connectivity index is 1.79. The summed E-state index contributed by atoms with van der Waals surface area (Å²) < 4.78 is 0. The van der Waals surface area contributed by atoms with E-state index in [1.807, 2.05) is 4.90 Å². The fraction of sp³-hybridized carbons (Fsp3) is 0.778. The summed E-state index contributed by atoms with van der Waals surface area (Å²) in [4.78, 5) is 26.2. The summed E-state index contributed by atoms with van der Waals surface area (Å²) in [6.07, 6.45) is 6.09. The Labute approximate surface area is 134 Å². The van der Waals surface area contributed by atoms with E-state index in [0.29, 0.717) is 25.4 Å². The standard InChI is InChI=1S/C18H30N2O2/c1-13(2)12-14-16(18(14,3)4)17(22)19-9-11-20-10-7-5-6-8-15(20)21/h12,14,16H,5-11H2,1-4H3,(H,19,22)/t14-,16-/m0/s1. The number of nitrogens with one attached hydrogen (secondary N) is 1. The molecule has 0 radical (unpaired) electrons. The summed E-state index contributed by atoms with van der Waals surface area (Å²) in [6.45, 7) is 10.5. The molecule has 0 aromatic carbocycles. The minimum Gasteiger partial charge on any atom is -0.354 e. The van der Waals surface area contributed by atoms with E-state index >= 15 is 0 Å². The molecule has 124 valence electrons. The van der Waals surface area contributed by atoms with Crippen LogP contribution in [0.4, 0.5) is 0 Å². The Hall–Kier alpha value is -1.32. The van der Waals surface area contributed by atoms with Gasteiger partial charge in [0.25, 0.3) is 0 Å². The second kappa shape index (κ2) is 6.84. The number of allylic oxidation sites excluding steroid dienone is 2. The van der Waals surface area contributed by atoms with Crippen molar-refractivity contribution < 1.29 is 9.59 Å². The zero-order valence-electron chi connectivity index (χ0n) is 14.4. The number of hydrogen-bond donors (Lipinski definition) is 1. The van der Waals surface area contributed by atoms with Crippen molar-refractivity contribution in [2.75, 3.05) is 19.6 Å². The van der Waals surface area contributed by atoms with Crippen LogP contribution in [0.25, 0.3) is 0 Å². The lowest BCUT2D eigenvalue weighted by molar-refractivity contribution is -0.131. The fourth-order valence-corrected chi connectivity index (χ4v) is 3.55. The highest BCUT2D eigenvalue weighted by molar-refractivity contribution is 5.83. The Morgan fingerprint density at radius 2 is 2.05 bits per heavy atom. The molecule has 1 saturated carbocycles. The maximum absolute atomic E-state index is 12.4. The van der Waals surface area contributed by atoms with E-state index in [9.17, 15) is 9.59 Å². The highest BCUT2D eigenvalue weighted by Crippen LogP contribution is 2.59. The summed E-state index contributed by atoms with van der Waals surface area (Å²) in [7, 11) is 0. The van der Waals surface area contributed by atoms with Crippen molar-refractivity contribution in [3.8, 4) is 0 Å². The van der Waals surface area contributed by atoms with Crippen LogP contribution in [0.1, 0.15) is 53.4 Å². The normalized spacial score (nSPS) is 27.1. The third-order valence-corrected chi connectivity index (χ3v) is 5.06. The largest absolute Gasteiger partial charge is 0.354 e. The van der Waals surface area contributed by atoms with Gasteiger partial charge in [0.15, 0.2) is 0 Å². The van der Waals surface area contributed by atoms with Crippen molar-refractivity contribution in [1.82, 2.24) is 10.2 Å². The van der Waals surface area contributed by atoms with Gasteiger partial charge in [-0.1, -0.05) is 31.9 Å².